The van der Waals surface area contributed by atoms with Gasteiger partial charge in [0.05, 0.1) is 0 Å². The van der Waals surface area contributed by atoms with Gasteiger partial charge in [-0.25, -0.2) is 4.39 Å². The van der Waals surface area contributed by atoms with E-state index >= 15 is 0 Å². The second-order valence-corrected chi connectivity index (χ2v) is 5.11. The fourth-order valence-electron chi connectivity index (χ4n) is 2.76. The smallest absolute Gasteiger partial charge is 0.161 e. The molecule has 1 heterocycles. The van der Waals surface area contributed by atoms with Gasteiger partial charge >= 0.3 is 0 Å². The van der Waals surface area contributed by atoms with E-state index < -0.39 is 0 Å². The summed E-state index contributed by atoms with van der Waals surface area (Å²) in [5.74, 6) is 0.302. The van der Waals surface area contributed by atoms with Gasteiger partial charge in [0.15, 0.2) is 5.78 Å². The van der Waals surface area contributed by atoms with Crippen molar-refractivity contribution in [1.82, 2.24) is 0 Å². The second-order valence-electron chi connectivity index (χ2n) is 5.11. The Kier molecular flexibility index (Phi) is 4.00. The van der Waals surface area contributed by atoms with Crippen molar-refractivity contribution in [3.63, 3.8) is 0 Å². The molecule has 1 fully saturated rings. The van der Waals surface area contributed by atoms with Crippen molar-refractivity contribution in [1.29, 1.82) is 0 Å². The van der Waals surface area contributed by atoms with Crippen LogP contribution >= 0.6 is 0 Å². The van der Waals surface area contributed by atoms with E-state index in [1.165, 1.54) is 38.3 Å². The molecular formula is C15H20FNO. The number of ketones is 1. The molecule has 1 unspecified atom stereocenters. The van der Waals surface area contributed by atoms with Crippen LogP contribution in [0.4, 0.5) is 10.1 Å². The molecule has 0 aromatic heterocycles. The van der Waals surface area contributed by atoms with Gasteiger partial charge in [0.2, 0.25) is 0 Å². The SMILES string of the molecule is CCCC1CCN(c2ccc(F)cc2C(C)=O)C1. The van der Waals surface area contributed by atoms with Gasteiger partial charge in [0.1, 0.15) is 5.82 Å². The molecule has 0 bridgehead atoms. The van der Waals surface area contributed by atoms with Crippen LogP contribution in [0.25, 0.3) is 0 Å². The zero-order valence-corrected chi connectivity index (χ0v) is 11.1. The predicted octanol–water partition coefficient (Wildman–Crippen LogP) is 3.65. The molecule has 1 aliphatic rings. The first-order valence-corrected chi connectivity index (χ1v) is 6.67. The Morgan fingerprint density at radius 2 is 2.28 bits per heavy atom. The van der Waals surface area contributed by atoms with Gasteiger partial charge < -0.3 is 4.90 Å². The highest BCUT2D eigenvalue weighted by atomic mass is 19.1. The van der Waals surface area contributed by atoms with E-state index in [1.54, 1.807) is 6.07 Å². The molecule has 0 saturated carbocycles. The van der Waals surface area contributed by atoms with Crippen molar-refractivity contribution in [2.45, 2.75) is 33.1 Å². The monoisotopic (exact) mass is 249 g/mol. The number of halogens is 1. The van der Waals surface area contributed by atoms with Gasteiger partial charge in [-0.15, -0.1) is 0 Å². The Balaban J connectivity index is 2.21. The summed E-state index contributed by atoms with van der Waals surface area (Å²) in [6, 6.07) is 4.53. The fourth-order valence-corrected chi connectivity index (χ4v) is 2.76. The summed E-state index contributed by atoms with van der Waals surface area (Å²) >= 11 is 0. The summed E-state index contributed by atoms with van der Waals surface area (Å²) < 4.78 is 13.2. The quantitative estimate of drug-likeness (QED) is 0.759. The van der Waals surface area contributed by atoms with E-state index in [1.807, 2.05) is 0 Å². The van der Waals surface area contributed by atoms with Crippen molar-refractivity contribution >= 4 is 11.5 Å². The molecule has 0 N–H and O–H groups in total. The standard InChI is InChI=1S/C15H20FNO/c1-3-4-12-7-8-17(10-12)15-6-5-13(16)9-14(15)11(2)18/h5-6,9,12H,3-4,7-8,10H2,1-2H3. The molecule has 3 heteroatoms. The van der Waals surface area contributed by atoms with Crippen LogP contribution < -0.4 is 4.90 Å². The molecular weight excluding hydrogens is 229 g/mol. The Hall–Kier alpha value is -1.38. The number of carbonyl (C=O) groups excluding carboxylic acids is 1. The minimum Gasteiger partial charge on any atom is -0.371 e. The van der Waals surface area contributed by atoms with Gasteiger partial charge in [0, 0.05) is 24.3 Å². The average Bonchev–Trinajstić information content (AvgIpc) is 2.78. The zero-order chi connectivity index (χ0) is 13.1. The van der Waals surface area contributed by atoms with Crippen LogP contribution in [0.5, 0.6) is 0 Å². The number of Topliss-reactive ketones (excluding diaryl/α,β-unsaturated/α-hetero) is 1. The van der Waals surface area contributed by atoms with Crippen molar-refractivity contribution in [2.24, 2.45) is 5.92 Å². The van der Waals surface area contributed by atoms with E-state index in [0.717, 1.165) is 18.8 Å². The van der Waals surface area contributed by atoms with Crippen molar-refractivity contribution in [3.05, 3.63) is 29.6 Å². The second kappa shape index (κ2) is 5.51. The molecule has 1 aromatic rings. The predicted molar refractivity (Wildman–Crippen MR) is 71.6 cm³/mol. The minimum atomic E-state index is -0.340. The van der Waals surface area contributed by atoms with Gasteiger partial charge in [-0.05, 0) is 43.9 Å². The number of hydrogen-bond donors (Lipinski definition) is 0. The Morgan fingerprint density at radius 3 is 2.94 bits per heavy atom. The molecule has 2 nitrogen and oxygen atoms in total. The largest absolute Gasteiger partial charge is 0.371 e. The first kappa shape index (κ1) is 13.1. The third kappa shape index (κ3) is 2.71. The van der Waals surface area contributed by atoms with Gasteiger partial charge in [-0.2, -0.15) is 0 Å². The van der Waals surface area contributed by atoms with Crippen LogP contribution in [0, 0.1) is 11.7 Å². The van der Waals surface area contributed by atoms with Crippen LogP contribution in [-0.4, -0.2) is 18.9 Å². The highest BCUT2D eigenvalue weighted by Crippen LogP contribution is 2.29. The van der Waals surface area contributed by atoms with Gasteiger partial charge in [0.25, 0.3) is 0 Å². The number of nitrogens with zero attached hydrogens (tertiary/aromatic N) is 1. The van der Waals surface area contributed by atoms with Crippen molar-refractivity contribution in [3.8, 4) is 0 Å². The summed E-state index contributed by atoms with van der Waals surface area (Å²) in [6.07, 6.45) is 3.59. The number of benzene rings is 1. The van der Waals surface area contributed by atoms with Crippen molar-refractivity contribution < 1.29 is 9.18 Å². The van der Waals surface area contributed by atoms with Crippen molar-refractivity contribution in [2.75, 3.05) is 18.0 Å². The lowest BCUT2D eigenvalue weighted by Crippen LogP contribution is -2.22. The average molecular weight is 249 g/mol. The number of rotatable bonds is 4. The van der Waals surface area contributed by atoms with Crippen LogP contribution in [0.2, 0.25) is 0 Å². The Bertz CT molecular complexity index is 444. The lowest BCUT2D eigenvalue weighted by molar-refractivity contribution is 0.101. The lowest BCUT2D eigenvalue weighted by atomic mass is 10.0. The maximum absolute atomic E-state index is 13.2. The normalized spacial score (nSPS) is 19.3. The molecule has 18 heavy (non-hydrogen) atoms. The van der Waals surface area contributed by atoms with Crippen LogP contribution in [0.1, 0.15) is 43.5 Å². The van der Waals surface area contributed by atoms with E-state index in [0.29, 0.717) is 11.5 Å². The fraction of sp³-hybridized carbons (Fsp3) is 0.533. The molecule has 1 aromatic carbocycles. The lowest BCUT2D eigenvalue weighted by Gasteiger charge is -2.21. The Labute approximate surface area is 108 Å². The molecule has 0 aliphatic carbocycles. The van der Waals surface area contributed by atoms with E-state index in [4.69, 9.17) is 0 Å². The first-order chi connectivity index (χ1) is 8.61. The highest BCUT2D eigenvalue weighted by Gasteiger charge is 2.24. The highest BCUT2D eigenvalue weighted by molar-refractivity contribution is 5.99. The van der Waals surface area contributed by atoms with E-state index in [-0.39, 0.29) is 11.6 Å². The molecule has 0 amide bonds. The maximum Gasteiger partial charge on any atom is 0.161 e. The van der Waals surface area contributed by atoms with E-state index in [9.17, 15) is 9.18 Å². The van der Waals surface area contributed by atoms with Crippen LogP contribution in [0.3, 0.4) is 0 Å². The van der Waals surface area contributed by atoms with Gasteiger partial charge in [-0.3, -0.25) is 4.79 Å². The molecule has 0 spiro atoms. The summed E-state index contributed by atoms with van der Waals surface area (Å²) in [7, 11) is 0. The zero-order valence-electron chi connectivity index (χ0n) is 11.1. The third-order valence-electron chi connectivity index (χ3n) is 3.66. The molecule has 0 radical (unpaired) electrons. The Morgan fingerprint density at radius 1 is 1.50 bits per heavy atom. The van der Waals surface area contributed by atoms with Crippen LogP contribution in [-0.2, 0) is 0 Å². The number of hydrogen-bond acceptors (Lipinski definition) is 2. The minimum absolute atomic E-state index is 0.0663. The summed E-state index contributed by atoms with van der Waals surface area (Å²) in [5, 5.41) is 0. The molecule has 1 saturated heterocycles. The van der Waals surface area contributed by atoms with Crippen LogP contribution in [0.15, 0.2) is 18.2 Å². The summed E-state index contributed by atoms with van der Waals surface area (Å²) in [4.78, 5) is 13.8. The third-order valence-corrected chi connectivity index (χ3v) is 3.66. The molecule has 98 valence electrons. The first-order valence-electron chi connectivity index (χ1n) is 6.67. The van der Waals surface area contributed by atoms with E-state index in [2.05, 4.69) is 11.8 Å². The van der Waals surface area contributed by atoms with Gasteiger partial charge in [-0.1, -0.05) is 13.3 Å². The summed E-state index contributed by atoms with van der Waals surface area (Å²) in [5.41, 5.74) is 1.40. The number of anilines is 1. The molecule has 2 rings (SSSR count). The number of carbonyl (C=O) groups is 1. The summed E-state index contributed by atoms with van der Waals surface area (Å²) in [6.45, 7) is 5.65. The molecule has 1 aliphatic heterocycles. The molecule has 1 atom stereocenters. The topological polar surface area (TPSA) is 20.3 Å². The maximum atomic E-state index is 13.2.